The van der Waals surface area contributed by atoms with Crippen molar-refractivity contribution in [2.45, 2.75) is 18.8 Å². The van der Waals surface area contributed by atoms with E-state index in [1.807, 2.05) is 12.1 Å². The van der Waals surface area contributed by atoms with Gasteiger partial charge in [0.2, 0.25) is 0 Å². The van der Waals surface area contributed by atoms with E-state index in [-0.39, 0.29) is 0 Å². The Morgan fingerprint density at radius 1 is 1.21 bits per heavy atom. The van der Waals surface area contributed by atoms with E-state index >= 15 is 0 Å². The zero-order valence-electron chi connectivity index (χ0n) is 10.5. The lowest BCUT2D eigenvalue weighted by molar-refractivity contribution is -0.143. The Morgan fingerprint density at radius 2 is 1.79 bits per heavy atom. The number of rotatable bonds is 4. The van der Waals surface area contributed by atoms with E-state index in [9.17, 15) is 9.90 Å². The van der Waals surface area contributed by atoms with Crippen LogP contribution in [0.15, 0.2) is 48.8 Å². The van der Waals surface area contributed by atoms with E-state index in [4.69, 9.17) is 11.6 Å². The third-order valence-corrected chi connectivity index (χ3v) is 3.51. The lowest BCUT2D eigenvalue weighted by Crippen LogP contribution is -2.34. The van der Waals surface area contributed by atoms with Crippen molar-refractivity contribution in [3.8, 4) is 0 Å². The number of aromatic nitrogens is 1. The topological polar surface area (TPSA) is 50.2 Å². The minimum absolute atomic E-state index is 0.409. The van der Waals surface area contributed by atoms with E-state index in [0.717, 1.165) is 11.1 Å². The van der Waals surface area contributed by atoms with Crippen molar-refractivity contribution in [2.24, 2.45) is 0 Å². The zero-order chi connectivity index (χ0) is 13.9. The van der Waals surface area contributed by atoms with Gasteiger partial charge in [0.25, 0.3) is 0 Å². The molecule has 0 spiro atoms. The molecule has 0 aliphatic rings. The molecule has 0 fully saturated rings. The van der Waals surface area contributed by atoms with Gasteiger partial charge in [-0.2, -0.15) is 0 Å². The summed E-state index contributed by atoms with van der Waals surface area (Å²) in [5.74, 6) is -0.855. The summed E-state index contributed by atoms with van der Waals surface area (Å²) < 4.78 is 0. The van der Waals surface area contributed by atoms with Crippen molar-refractivity contribution in [3.63, 3.8) is 0 Å². The third kappa shape index (κ3) is 2.93. The maximum absolute atomic E-state index is 11.7. The molecule has 0 saturated heterocycles. The Bertz CT molecular complexity index is 568. The molecule has 0 bridgehead atoms. The largest absolute Gasteiger partial charge is 0.481 e. The maximum Gasteiger partial charge on any atom is 0.314 e. The number of aliphatic carboxylic acids is 1. The van der Waals surface area contributed by atoms with Crippen LogP contribution in [0.2, 0.25) is 5.02 Å². The SMILES string of the molecule is CC(Cc1ccncc1)(C(=O)O)c1ccc(Cl)cc1. The molecule has 1 atom stereocenters. The molecule has 0 aliphatic heterocycles. The van der Waals surface area contributed by atoms with Crippen LogP contribution in [0.25, 0.3) is 0 Å². The summed E-state index contributed by atoms with van der Waals surface area (Å²) in [6.45, 7) is 1.72. The fourth-order valence-corrected chi connectivity index (χ4v) is 2.15. The van der Waals surface area contributed by atoms with Gasteiger partial charge < -0.3 is 5.11 Å². The van der Waals surface area contributed by atoms with E-state index < -0.39 is 11.4 Å². The highest BCUT2D eigenvalue weighted by Crippen LogP contribution is 2.29. The lowest BCUT2D eigenvalue weighted by Gasteiger charge is -2.25. The number of hydrogen-bond acceptors (Lipinski definition) is 2. The summed E-state index contributed by atoms with van der Waals surface area (Å²) in [4.78, 5) is 15.6. The van der Waals surface area contributed by atoms with Gasteiger partial charge in [-0.25, -0.2) is 0 Å². The van der Waals surface area contributed by atoms with Crippen LogP contribution in [0.5, 0.6) is 0 Å². The number of nitrogens with zero attached hydrogens (tertiary/aromatic N) is 1. The van der Waals surface area contributed by atoms with Crippen LogP contribution in [0.3, 0.4) is 0 Å². The predicted octanol–water partition coefficient (Wildman–Crippen LogP) is 3.32. The van der Waals surface area contributed by atoms with Crippen molar-refractivity contribution in [1.82, 2.24) is 4.98 Å². The zero-order valence-corrected chi connectivity index (χ0v) is 11.3. The highest BCUT2D eigenvalue weighted by Gasteiger charge is 2.35. The van der Waals surface area contributed by atoms with Crippen LogP contribution in [-0.4, -0.2) is 16.1 Å². The molecular weight excluding hydrogens is 262 g/mol. The molecule has 0 saturated carbocycles. The second-order valence-corrected chi connectivity index (χ2v) is 5.11. The van der Waals surface area contributed by atoms with Crippen molar-refractivity contribution in [1.29, 1.82) is 0 Å². The third-order valence-electron chi connectivity index (χ3n) is 3.26. The fourth-order valence-electron chi connectivity index (χ4n) is 2.03. The average molecular weight is 276 g/mol. The van der Waals surface area contributed by atoms with Gasteiger partial charge in [-0.05, 0) is 48.7 Å². The van der Waals surface area contributed by atoms with Gasteiger partial charge >= 0.3 is 5.97 Å². The van der Waals surface area contributed by atoms with Gasteiger partial charge in [-0.1, -0.05) is 23.7 Å². The Morgan fingerprint density at radius 3 is 2.32 bits per heavy atom. The molecule has 1 unspecified atom stereocenters. The molecule has 1 N–H and O–H groups in total. The van der Waals surface area contributed by atoms with Gasteiger partial charge in [0.1, 0.15) is 0 Å². The van der Waals surface area contributed by atoms with Crippen molar-refractivity contribution < 1.29 is 9.90 Å². The molecule has 4 heteroatoms. The van der Waals surface area contributed by atoms with Gasteiger partial charge in [0.05, 0.1) is 5.41 Å². The highest BCUT2D eigenvalue weighted by atomic mass is 35.5. The summed E-state index contributed by atoms with van der Waals surface area (Å²) in [5.41, 5.74) is 0.697. The van der Waals surface area contributed by atoms with Gasteiger partial charge in [-0.15, -0.1) is 0 Å². The second-order valence-electron chi connectivity index (χ2n) is 4.68. The molecule has 0 amide bonds. The normalized spacial score (nSPS) is 13.8. The fraction of sp³-hybridized carbons (Fsp3) is 0.200. The van der Waals surface area contributed by atoms with Gasteiger partial charge in [-0.3, -0.25) is 9.78 Å². The summed E-state index contributed by atoms with van der Waals surface area (Å²) in [6.07, 6.45) is 3.74. The molecule has 1 aromatic carbocycles. The van der Waals surface area contributed by atoms with Crippen LogP contribution in [-0.2, 0) is 16.6 Å². The van der Waals surface area contributed by atoms with E-state index in [0.29, 0.717) is 11.4 Å². The standard InChI is InChI=1S/C15H14ClNO2/c1-15(14(18)19,10-11-6-8-17-9-7-11)12-2-4-13(16)5-3-12/h2-9H,10H2,1H3,(H,18,19). The Kier molecular flexibility index (Phi) is 3.86. The number of pyridine rings is 1. The first-order chi connectivity index (χ1) is 9.02. The van der Waals surface area contributed by atoms with Crippen molar-refractivity contribution in [3.05, 3.63) is 64.9 Å². The van der Waals surface area contributed by atoms with Crippen LogP contribution in [0.1, 0.15) is 18.1 Å². The van der Waals surface area contributed by atoms with Crippen molar-refractivity contribution >= 4 is 17.6 Å². The first-order valence-electron chi connectivity index (χ1n) is 5.91. The Labute approximate surface area is 116 Å². The summed E-state index contributed by atoms with van der Waals surface area (Å²) >= 11 is 5.85. The molecule has 1 heterocycles. The lowest BCUT2D eigenvalue weighted by atomic mass is 9.77. The molecule has 2 rings (SSSR count). The van der Waals surface area contributed by atoms with E-state index in [1.54, 1.807) is 43.6 Å². The highest BCUT2D eigenvalue weighted by molar-refractivity contribution is 6.30. The first kappa shape index (κ1) is 13.6. The Balaban J connectivity index is 2.38. The average Bonchev–Trinajstić information content (AvgIpc) is 2.40. The number of carbonyl (C=O) groups is 1. The van der Waals surface area contributed by atoms with Gasteiger partial charge in [0, 0.05) is 17.4 Å². The quantitative estimate of drug-likeness (QED) is 0.931. The number of benzene rings is 1. The number of carboxylic acid groups (broad SMARTS) is 1. The molecule has 1 aromatic heterocycles. The van der Waals surface area contributed by atoms with Crippen LogP contribution < -0.4 is 0 Å². The molecule has 2 aromatic rings. The minimum atomic E-state index is -0.980. The monoisotopic (exact) mass is 275 g/mol. The molecular formula is C15H14ClNO2. The summed E-state index contributed by atoms with van der Waals surface area (Å²) in [5, 5.41) is 10.2. The maximum atomic E-state index is 11.7. The summed E-state index contributed by atoms with van der Waals surface area (Å²) in [7, 11) is 0. The second kappa shape index (κ2) is 5.41. The smallest absolute Gasteiger partial charge is 0.314 e. The minimum Gasteiger partial charge on any atom is -0.481 e. The summed E-state index contributed by atoms with van der Waals surface area (Å²) in [6, 6.07) is 10.6. The molecule has 0 radical (unpaired) electrons. The molecule has 3 nitrogen and oxygen atoms in total. The first-order valence-corrected chi connectivity index (χ1v) is 6.28. The van der Waals surface area contributed by atoms with Crippen LogP contribution in [0.4, 0.5) is 0 Å². The van der Waals surface area contributed by atoms with Crippen LogP contribution >= 0.6 is 11.6 Å². The number of hydrogen-bond donors (Lipinski definition) is 1. The molecule has 19 heavy (non-hydrogen) atoms. The number of carboxylic acids is 1. The van der Waals surface area contributed by atoms with Crippen molar-refractivity contribution in [2.75, 3.05) is 0 Å². The number of halogens is 1. The molecule has 0 aliphatic carbocycles. The Hall–Kier alpha value is -1.87. The van der Waals surface area contributed by atoms with Crippen LogP contribution in [0, 0.1) is 0 Å². The molecule has 98 valence electrons. The van der Waals surface area contributed by atoms with E-state index in [2.05, 4.69) is 4.98 Å². The predicted molar refractivity (Wildman–Crippen MR) is 74.4 cm³/mol. The van der Waals surface area contributed by atoms with E-state index in [1.165, 1.54) is 0 Å². The van der Waals surface area contributed by atoms with Gasteiger partial charge in [0.15, 0.2) is 0 Å².